The van der Waals surface area contributed by atoms with Gasteiger partial charge in [-0.1, -0.05) is 19.1 Å². The summed E-state index contributed by atoms with van der Waals surface area (Å²) in [6.45, 7) is 3.87. The maximum Gasteiger partial charge on any atom is 0.276 e. The molecule has 0 aromatic heterocycles. The average molecular weight is 218 g/mol. The topological polar surface area (TPSA) is 46.4 Å². The predicted molar refractivity (Wildman–Crippen MR) is 62.8 cm³/mol. The molecule has 0 radical (unpaired) electrons. The molecular formula is C12H14N2O2. The van der Waals surface area contributed by atoms with Crippen molar-refractivity contribution < 1.29 is 4.92 Å². The summed E-state index contributed by atoms with van der Waals surface area (Å²) in [4.78, 5) is 12.7. The highest BCUT2D eigenvalue weighted by Gasteiger charge is 2.18. The zero-order valence-corrected chi connectivity index (χ0v) is 9.22. The Hall–Kier alpha value is -1.84. The Morgan fingerprint density at radius 2 is 2.31 bits per heavy atom. The third-order valence-electron chi connectivity index (χ3n) is 2.71. The summed E-state index contributed by atoms with van der Waals surface area (Å²) in [5, 5.41) is 10.8. The molecule has 4 nitrogen and oxygen atoms in total. The molecule has 1 aliphatic heterocycles. The van der Waals surface area contributed by atoms with E-state index in [1.54, 1.807) is 12.1 Å². The number of rotatable bonds is 3. The number of nitro groups is 1. The predicted octanol–water partition coefficient (Wildman–Crippen LogP) is 2.79. The van der Waals surface area contributed by atoms with Gasteiger partial charge in [-0.2, -0.15) is 0 Å². The molecule has 0 amide bonds. The highest BCUT2D eigenvalue weighted by Crippen LogP contribution is 2.28. The van der Waals surface area contributed by atoms with Gasteiger partial charge in [0.05, 0.1) is 10.5 Å². The number of hydrogen-bond acceptors (Lipinski definition) is 3. The van der Waals surface area contributed by atoms with E-state index in [0.29, 0.717) is 0 Å². The molecule has 0 unspecified atom stereocenters. The fourth-order valence-electron chi connectivity index (χ4n) is 1.98. The second kappa shape index (κ2) is 4.35. The first-order valence-electron chi connectivity index (χ1n) is 5.41. The van der Waals surface area contributed by atoms with Crippen LogP contribution >= 0.6 is 0 Å². The third-order valence-corrected chi connectivity index (χ3v) is 2.71. The van der Waals surface area contributed by atoms with Gasteiger partial charge in [-0.15, -0.1) is 0 Å². The van der Waals surface area contributed by atoms with Gasteiger partial charge in [-0.25, -0.2) is 0 Å². The van der Waals surface area contributed by atoms with Crippen LogP contribution in [-0.2, 0) is 6.54 Å². The van der Waals surface area contributed by atoms with Gasteiger partial charge in [0.1, 0.15) is 0 Å². The molecule has 1 heterocycles. The van der Waals surface area contributed by atoms with Gasteiger partial charge in [0.15, 0.2) is 0 Å². The maximum atomic E-state index is 10.8. The lowest BCUT2D eigenvalue weighted by Gasteiger charge is -2.24. The van der Waals surface area contributed by atoms with Crippen molar-refractivity contribution in [3.05, 3.63) is 45.6 Å². The molecule has 1 aromatic rings. The van der Waals surface area contributed by atoms with Crippen molar-refractivity contribution in [1.82, 2.24) is 4.90 Å². The van der Waals surface area contributed by atoms with Gasteiger partial charge >= 0.3 is 0 Å². The van der Waals surface area contributed by atoms with E-state index in [1.807, 2.05) is 18.3 Å². The van der Waals surface area contributed by atoms with Crippen LogP contribution in [0.25, 0.3) is 6.08 Å². The summed E-state index contributed by atoms with van der Waals surface area (Å²) in [6, 6.07) is 5.26. The van der Waals surface area contributed by atoms with Crippen molar-refractivity contribution in [2.24, 2.45) is 0 Å². The van der Waals surface area contributed by atoms with Crippen molar-refractivity contribution in [2.75, 3.05) is 6.54 Å². The summed E-state index contributed by atoms with van der Waals surface area (Å²) >= 11 is 0. The first-order chi connectivity index (χ1) is 7.72. The van der Waals surface area contributed by atoms with Crippen molar-refractivity contribution in [2.45, 2.75) is 19.9 Å². The van der Waals surface area contributed by atoms with E-state index in [1.165, 1.54) is 0 Å². The van der Waals surface area contributed by atoms with Gasteiger partial charge in [0.25, 0.3) is 5.69 Å². The van der Waals surface area contributed by atoms with Crippen LogP contribution in [0, 0.1) is 10.1 Å². The molecule has 0 fully saturated rings. The molecule has 84 valence electrons. The fourth-order valence-corrected chi connectivity index (χ4v) is 1.98. The largest absolute Gasteiger partial charge is 0.373 e. The Morgan fingerprint density at radius 3 is 3.00 bits per heavy atom. The average Bonchev–Trinajstić information content (AvgIpc) is 2.28. The minimum atomic E-state index is -0.321. The molecule has 0 aliphatic carbocycles. The third kappa shape index (κ3) is 1.91. The van der Waals surface area contributed by atoms with Crippen LogP contribution in [0.5, 0.6) is 0 Å². The number of hydrogen-bond donors (Lipinski definition) is 0. The number of benzene rings is 1. The Labute approximate surface area is 94.3 Å². The summed E-state index contributed by atoms with van der Waals surface area (Å²) < 4.78 is 0. The number of nitro benzene ring substituents is 1. The lowest BCUT2D eigenvalue weighted by atomic mass is 10.0. The lowest BCUT2D eigenvalue weighted by Crippen LogP contribution is -2.21. The molecule has 1 aliphatic rings. The highest BCUT2D eigenvalue weighted by atomic mass is 16.6. The van der Waals surface area contributed by atoms with Crippen molar-refractivity contribution in [1.29, 1.82) is 0 Å². The molecule has 0 atom stereocenters. The molecule has 1 aromatic carbocycles. The summed E-state index contributed by atoms with van der Waals surface area (Å²) in [7, 11) is 0. The first kappa shape index (κ1) is 10.7. The molecule has 0 bridgehead atoms. The Bertz CT molecular complexity index is 441. The normalized spacial score (nSPS) is 13.7. The van der Waals surface area contributed by atoms with Crippen molar-refractivity contribution >= 4 is 11.8 Å². The fraction of sp³-hybridized carbons (Fsp3) is 0.333. The van der Waals surface area contributed by atoms with Gasteiger partial charge < -0.3 is 4.90 Å². The second-order valence-corrected chi connectivity index (χ2v) is 3.89. The van der Waals surface area contributed by atoms with Crippen molar-refractivity contribution in [3.8, 4) is 0 Å². The Morgan fingerprint density at radius 1 is 1.50 bits per heavy atom. The van der Waals surface area contributed by atoms with E-state index in [-0.39, 0.29) is 10.6 Å². The molecule has 0 N–H and O–H groups in total. The summed E-state index contributed by atoms with van der Waals surface area (Å²) in [5.41, 5.74) is 1.98. The monoisotopic (exact) mass is 218 g/mol. The quantitative estimate of drug-likeness (QED) is 0.579. The Kier molecular flexibility index (Phi) is 2.90. The molecule has 2 rings (SSSR count). The zero-order valence-electron chi connectivity index (χ0n) is 9.22. The molecule has 0 spiro atoms. The van der Waals surface area contributed by atoms with Crippen molar-refractivity contribution in [3.63, 3.8) is 0 Å². The highest BCUT2D eigenvalue weighted by molar-refractivity contribution is 5.65. The van der Waals surface area contributed by atoms with E-state index < -0.39 is 0 Å². The van der Waals surface area contributed by atoms with E-state index in [4.69, 9.17) is 0 Å². The minimum Gasteiger partial charge on any atom is -0.373 e. The van der Waals surface area contributed by atoms with Crippen LogP contribution < -0.4 is 0 Å². The molecule has 4 heteroatoms. The number of fused-ring (bicyclic) bond motifs is 1. The van der Waals surface area contributed by atoms with Crippen LogP contribution in [0.1, 0.15) is 24.5 Å². The van der Waals surface area contributed by atoms with Crippen LogP contribution in [0.3, 0.4) is 0 Å². The van der Waals surface area contributed by atoms with Gasteiger partial charge in [-0.05, 0) is 18.1 Å². The van der Waals surface area contributed by atoms with Crippen LogP contribution in [0.15, 0.2) is 24.4 Å². The molecule has 0 saturated heterocycles. The Balaban J connectivity index is 2.34. The van der Waals surface area contributed by atoms with Crippen LogP contribution in [-0.4, -0.2) is 16.4 Å². The summed E-state index contributed by atoms with van der Waals surface area (Å²) in [6.07, 6.45) is 4.86. The van der Waals surface area contributed by atoms with Crippen LogP contribution in [0.4, 0.5) is 5.69 Å². The number of nitrogens with zero attached hydrogens (tertiary/aromatic N) is 2. The molecule has 16 heavy (non-hydrogen) atoms. The zero-order chi connectivity index (χ0) is 11.5. The lowest BCUT2D eigenvalue weighted by molar-refractivity contribution is -0.385. The standard InChI is InChI=1S/C12H14N2O2/c1-2-7-13-8-6-11-10(9-13)4-3-5-12(11)14(15)16/h3-6,8H,2,7,9H2,1H3. The second-order valence-electron chi connectivity index (χ2n) is 3.89. The SMILES string of the molecule is CCCN1C=Cc2c(cccc2[N+](=O)[O-])C1. The minimum absolute atomic E-state index is 0.199. The maximum absolute atomic E-state index is 10.8. The van der Waals surface area contributed by atoms with E-state index in [2.05, 4.69) is 11.8 Å². The van der Waals surface area contributed by atoms with E-state index >= 15 is 0 Å². The first-order valence-corrected chi connectivity index (χ1v) is 5.41. The van der Waals surface area contributed by atoms with E-state index in [0.717, 1.165) is 30.6 Å². The molecular weight excluding hydrogens is 204 g/mol. The summed E-state index contributed by atoms with van der Waals surface area (Å²) in [5.74, 6) is 0. The van der Waals surface area contributed by atoms with E-state index in [9.17, 15) is 10.1 Å². The van der Waals surface area contributed by atoms with Gasteiger partial charge in [0, 0.05) is 25.4 Å². The smallest absolute Gasteiger partial charge is 0.276 e. The van der Waals surface area contributed by atoms with Gasteiger partial charge in [-0.3, -0.25) is 10.1 Å². The molecule has 0 saturated carbocycles. The van der Waals surface area contributed by atoms with Gasteiger partial charge in [0.2, 0.25) is 0 Å². The van der Waals surface area contributed by atoms with Crippen LogP contribution in [0.2, 0.25) is 0 Å².